The van der Waals surface area contributed by atoms with Gasteiger partial charge in [-0.25, -0.2) is 14.7 Å². The summed E-state index contributed by atoms with van der Waals surface area (Å²) >= 11 is 0. The fourth-order valence-corrected chi connectivity index (χ4v) is 19.6. The van der Waals surface area contributed by atoms with Crippen LogP contribution >= 0.6 is 60.8 Å². The van der Waals surface area contributed by atoms with Gasteiger partial charge in [0.15, 0.2) is 0 Å². The van der Waals surface area contributed by atoms with Gasteiger partial charge >= 0.3 is 72.7 Å². The first-order valence-corrected chi connectivity index (χ1v) is 25.9. The molecular formula is C13H35N3O28P8. The maximum absolute atomic E-state index is 13.6. The first-order valence-electron chi connectivity index (χ1n) is 12.7. The minimum atomic E-state index is -8.00. The topological polar surface area (TPSA) is 545 Å². The molecule has 31 nitrogen and oxygen atoms in total. The van der Waals surface area contributed by atoms with Crippen LogP contribution in [0.25, 0.3) is 0 Å². The number of carboxylic acids is 2. The van der Waals surface area contributed by atoms with Crippen molar-refractivity contribution in [1.29, 1.82) is 0 Å². The summed E-state index contributed by atoms with van der Waals surface area (Å²) in [6.07, 6.45) is -4.04. The van der Waals surface area contributed by atoms with Crippen LogP contribution in [-0.2, 0) is 46.1 Å². The van der Waals surface area contributed by atoms with E-state index < -0.39 is 141 Å². The molecule has 18 N–H and O–H groups in total. The molecule has 0 saturated carbocycles. The summed E-state index contributed by atoms with van der Waals surface area (Å²) in [5.41, 5.74) is -8.91. The average Bonchev–Trinajstić information content (AvgIpc) is 2.80. The van der Waals surface area contributed by atoms with E-state index in [4.69, 9.17) is 0 Å². The number of aliphatic carboxylic acids is 2. The molecule has 0 aromatic heterocycles. The fraction of sp³-hybridized carbons (Fsp3) is 0.846. The maximum Gasteiger partial charge on any atom is 0.373 e. The van der Waals surface area contributed by atoms with Crippen LogP contribution in [-0.4, -0.2) is 156 Å². The van der Waals surface area contributed by atoms with Gasteiger partial charge in [0.2, 0.25) is 11.0 Å². The minimum absolute atomic E-state index is 0.228. The zero-order valence-corrected chi connectivity index (χ0v) is 32.8. The van der Waals surface area contributed by atoms with Crippen molar-refractivity contribution in [1.82, 2.24) is 14.7 Å². The van der Waals surface area contributed by atoms with Crippen molar-refractivity contribution >= 4 is 72.7 Å². The predicted octanol–water partition coefficient (Wildman–Crippen LogP) is -3.54. The normalized spacial score (nSPS) is 16.0. The van der Waals surface area contributed by atoms with E-state index in [1.165, 1.54) is 0 Å². The summed E-state index contributed by atoms with van der Waals surface area (Å²) in [6, 6.07) is -4.11. The molecule has 52 heavy (non-hydrogen) atoms. The lowest BCUT2D eigenvalue weighted by molar-refractivity contribution is -0.155. The van der Waals surface area contributed by atoms with E-state index in [1.54, 1.807) is 0 Å². The third-order valence-corrected chi connectivity index (χ3v) is 21.9. The summed E-state index contributed by atoms with van der Waals surface area (Å²) in [5.74, 6) is -5.38. The molecule has 0 aliphatic carbocycles. The Morgan fingerprint density at radius 3 is 0.865 bits per heavy atom. The Hall–Kier alpha value is 0.0200. The maximum atomic E-state index is 13.6. The first kappa shape index (κ1) is 52.0. The number of hydrogen-bond donors (Lipinski definition) is 18. The van der Waals surface area contributed by atoms with Gasteiger partial charge in [0.25, 0.3) is 10.3 Å². The van der Waals surface area contributed by atoms with E-state index in [0.717, 1.165) is 0 Å². The average molecular weight is 929 g/mol. The van der Waals surface area contributed by atoms with Gasteiger partial charge in [-0.3, -0.25) is 46.1 Å². The van der Waals surface area contributed by atoms with Gasteiger partial charge in [-0.05, 0) is 19.5 Å². The summed E-state index contributed by atoms with van der Waals surface area (Å²) in [4.78, 5) is 185. The fourth-order valence-electron chi connectivity index (χ4n) is 5.27. The molecule has 0 radical (unpaired) electrons. The molecule has 310 valence electrons. The van der Waals surface area contributed by atoms with Gasteiger partial charge in [-0.15, -0.1) is 0 Å². The Labute approximate surface area is 289 Å². The lowest BCUT2D eigenvalue weighted by atomic mass is 10.1. The molecule has 0 rings (SSSR count). The van der Waals surface area contributed by atoms with Crippen LogP contribution in [0.3, 0.4) is 0 Å². The second-order valence-corrected chi connectivity index (χ2v) is 25.2. The Morgan fingerprint density at radius 1 is 0.500 bits per heavy atom. The molecule has 0 aliphatic rings. The van der Waals surface area contributed by atoms with E-state index >= 15 is 0 Å². The molecule has 0 saturated heterocycles. The van der Waals surface area contributed by atoms with Crippen molar-refractivity contribution < 1.29 is 135 Å². The molecule has 0 aliphatic heterocycles. The molecule has 0 heterocycles. The van der Waals surface area contributed by atoms with Crippen molar-refractivity contribution in [3.63, 3.8) is 0 Å². The molecule has 0 aromatic carbocycles. The summed E-state index contributed by atoms with van der Waals surface area (Å²) < 4.78 is 105. The molecule has 0 spiro atoms. The van der Waals surface area contributed by atoms with Gasteiger partial charge in [-0.1, -0.05) is 13.8 Å². The first-order chi connectivity index (χ1) is 22.5. The molecular weight excluding hydrogens is 894 g/mol. The monoisotopic (exact) mass is 929 g/mol. The van der Waals surface area contributed by atoms with E-state index in [9.17, 15) is 135 Å². The highest BCUT2D eigenvalue weighted by atomic mass is 31.3. The van der Waals surface area contributed by atoms with E-state index in [1.807, 2.05) is 0 Å². The molecule has 1 atom stereocenters. The lowest BCUT2D eigenvalue weighted by Gasteiger charge is -2.60. The molecule has 0 unspecified atom stereocenters. The third kappa shape index (κ3) is 10.1. The van der Waals surface area contributed by atoms with Crippen LogP contribution in [0.5, 0.6) is 0 Å². The zero-order chi connectivity index (χ0) is 42.4. The molecule has 0 amide bonds. The van der Waals surface area contributed by atoms with Gasteiger partial charge < -0.3 is 88.5 Å². The van der Waals surface area contributed by atoms with Crippen LogP contribution in [0.1, 0.15) is 26.7 Å². The highest BCUT2D eigenvalue weighted by Gasteiger charge is 2.84. The van der Waals surface area contributed by atoms with Crippen molar-refractivity contribution in [3.05, 3.63) is 0 Å². The van der Waals surface area contributed by atoms with Gasteiger partial charge in [0.05, 0.1) is 0 Å². The molecule has 0 fully saturated rings. The van der Waals surface area contributed by atoms with Crippen LogP contribution in [0, 0.1) is 0 Å². The second-order valence-electron chi connectivity index (χ2n) is 10.2. The number of nitrogens with zero attached hydrogens (tertiary/aromatic N) is 3. The van der Waals surface area contributed by atoms with E-state index in [2.05, 4.69) is 0 Å². The van der Waals surface area contributed by atoms with Gasteiger partial charge in [-0.2, -0.15) is 0 Å². The van der Waals surface area contributed by atoms with E-state index in [-0.39, 0.29) is 13.8 Å². The van der Waals surface area contributed by atoms with Crippen LogP contribution in [0.2, 0.25) is 0 Å². The number of hydrogen-bond acceptors (Lipinski definition) is 13. The Morgan fingerprint density at radius 2 is 0.731 bits per heavy atom. The smallest absolute Gasteiger partial charge is 0.373 e. The van der Waals surface area contributed by atoms with Gasteiger partial charge in [0.1, 0.15) is 6.04 Å². The van der Waals surface area contributed by atoms with Crippen LogP contribution in [0.4, 0.5) is 0 Å². The standard InChI is InChI=1S/C13H35N3O28P8/c1-3-14(10(45(21,22)23)46(24,25)26)12(49(33,34)35,50(36,37)38)16(7(9(19)20)5-6-8(17)18)13(51(39,40)41,52(42,43)44)15(4-2)11(47(27,28)29)48(30,31)32/h7,10-11H,3-6H2,1-2H3,(H,17,18)(H,19,20)(H2,21,22,23)(H2,24,25,26)(H2,27,28,29)(H2,30,31,32)(H2,33,34,35)(H2,36,37,38)(H2,39,40,41)(H2,42,43,44)/t7-/m0/s1. The Kier molecular flexibility index (Phi) is 16.5. The summed E-state index contributed by atoms with van der Waals surface area (Å²) in [7, 11) is -60.0. The zero-order valence-electron chi connectivity index (χ0n) is 25.6. The van der Waals surface area contributed by atoms with Crippen LogP contribution < -0.4 is 0 Å². The largest absolute Gasteiger partial charge is 0.481 e. The molecule has 39 heteroatoms. The lowest BCUT2D eigenvalue weighted by Crippen LogP contribution is -2.76. The van der Waals surface area contributed by atoms with Gasteiger partial charge in [0, 0.05) is 6.42 Å². The van der Waals surface area contributed by atoms with Crippen molar-refractivity contribution in [2.24, 2.45) is 0 Å². The van der Waals surface area contributed by atoms with E-state index in [0.29, 0.717) is 0 Å². The Bertz CT molecular complexity index is 1540. The molecule has 0 bridgehead atoms. The quantitative estimate of drug-likeness (QED) is 0.0391. The van der Waals surface area contributed by atoms with Crippen molar-refractivity contribution in [3.8, 4) is 0 Å². The number of rotatable bonds is 21. The van der Waals surface area contributed by atoms with Crippen molar-refractivity contribution in [2.75, 3.05) is 13.1 Å². The summed E-state index contributed by atoms with van der Waals surface area (Å²) in [6.45, 7) is -3.76. The highest BCUT2D eigenvalue weighted by Crippen LogP contribution is 2.84. The van der Waals surface area contributed by atoms with Crippen LogP contribution in [0.15, 0.2) is 0 Å². The predicted molar refractivity (Wildman–Crippen MR) is 164 cm³/mol. The SMILES string of the molecule is CCN(C(P(=O)(O)O)P(=O)(O)O)C(N([C@@H](CCC(=O)O)C(=O)O)C(N(CC)C(P(=O)(O)O)P(=O)(O)O)(P(=O)(O)O)P(=O)(O)O)(P(=O)(O)O)P(=O)(O)O. The minimum Gasteiger partial charge on any atom is -0.481 e. The Balaban J connectivity index is 10.5. The van der Waals surface area contributed by atoms with Crippen molar-refractivity contribution in [2.45, 2.75) is 54.1 Å². The number of carbonyl (C=O) groups is 2. The summed E-state index contributed by atoms with van der Waals surface area (Å²) in [5, 5.41) is 7.22. The highest BCUT2D eigenvalue weighted by molar-refractivity contribution is 7.75. The molecule has 0 aromatic rings. The second kappa shape index (κ2) is 16.5. The third-order valence-electron chi connectivity index (χ3n) is 6.65. The number of carboxylic acid groups (broad SMARTS) is 2.